The van der Waals surface area contributed by atoms with Gasteiger partial charge in [-0.1, -0.05) is 59.8 Å². The van der Waals surface area contributed by atoms with Gasteiger partial charge in [-0.15, -0.1) is 10.2 Å². The third-order valence-corrected chi connectivity index (χ3v) is 7.30. The second-order valence-corrected chi connectivity index (χ2v) is 9.69. The number of aromatic nitrogens is 4. The maximum absolute atomic E-state index is 13.6. The fraction of sp³-hybridized carbons (Fsp3) is 0.259. The van der Waals surface area contributed by atoms with Gasteiger partial charge in [-0.2, -0.15) is 0 Å². The molecule has 0 N–H and O–H groups in total. The minimum Gasteiger partial charge on any atom is -0.341 e. The van der Waals surface area contributed by atoms with E-state index in [1.807, 2.05) is 47.4 Å². The number of likely N-dealkylation sites (tertiary alicyclic amines) is 1. The van der Waals surface area contributed by atoms with Crippen molar-refractivity contribution in [2.24, 2.45) is 0 Å². The number of benzene rings is 2. The molecular weight excluding hydrogens is 442 g/mol. The Kier molecular flexibility index (Phi) is 6.45. The van der Waals surface area contributed by atoms with E-state index in [9.17, 15) is 4.79 Å². The lowest BCUT2D eigenvalue weighted by molar-refractivity contribution is -0.129. The third-order valence-electron chi connectivity index (χ3n) is 6.11. The van der Waals surface area contributed by atoms with E-state index in [4.69, 9.17) is 0 Å². The molecule has 1 aliphatic rings. The number of nitrogens with zero attached hydrogens (tertiary/aromatic N) is 5. The zero-order valence-electron chi connectivity index (χ0n) is 19.4. The van der Waals surface area contributed by atoms with Crippen LogP contribution in [0.2, 0.25) is 0 Å². The van der Waals surface area contributed by atoms with Gasteiger partial charge in [0.15, 0.2) is 11.0 Å². The maximum Gasteiger partial charge on any atom is 0.240 e. The van der Waals surface area contributed by atoms with E-state index in [2.05, 4.69) is 51.8 Å². The summed E-state index contributed by atoms with van der Waals surface area (Å²) in [7, 11) is 0. The summed E-state index contributed by atoms with van der Waals surface area (Å²) in [6.07, 6.45) is 5.66. The number of hydrogen-bond donors (Lipinski definition) is 0. The molecule has 172 valence electrons. The first-order chi connectivity index (χ1) is 16.6. The highest BCUT2D eigenvalue weighted by Crippen LogP contribution is 2.39. The molecule has 34 heavy (non-hydrogen) atoms. The fourth-order valence-electron chi connectivity index (χ4n) is 4.40. The topological polar surface area (TPSA) is 63.9 Å². The molecule has 3 heterocycles. The lowest BCUT2D eigenvalue weighted by atomic mass is 10.1. The number of pyridine rings is 1. The van der Waals surface area contributed by atoms with Gasteiger partial charge in [-0.3, -0.25) is 14.3 Å². The smallest absolute Gasteiger partial charge is 0.240 e. The van der Waals surface area contributed by atoms with Crippen molar-refractivity contribution in [2.45, 2.75) is 37.1 Å². The largest absolute Gasteiger partial charge is 0.341 e. The maximum atomic E-state index is 13.6. The van der Waals surface area contributed by atoms with E-state index in [0.29, 0.717) is 11.0 Å². The summed E-state index contributed by atoms with van der Waals surface area (Å²) in [5.41, 5.74) is 5.16. The van der Waals surface area contributed by atoms with Crippen molar-refractivity contribution in [1.82, 2.24) is 24.6 Å². The lowest BCUT2D eigenvalue weighted by Crippen LogP contribution is -2.31. The Bertz CT molecular complexity index is 1280. The second kappa shape index (κ2) is 9.81. The third kappa shape index (κ3) is 4.48. The van der Waals surface area contributed by atoms with E-state index in [-0.39, 0.29) is 5.91 Å². The van der Waals surface area contributed by atoms with Crippen molar-refractivity contribution in [1.29, 1.82) is 0 Å². The van der Waals surface area contributed by atoms with Gasteiger partial charge in [0.2, 0.25) is 5.91 Å². The first-order valence-corrected chi connectivity index (χ1v) is 12.4. The van der Waals surface area contributed by atoms with Gasteiger partial charge in [0.05, 0.1) is 5.69 Å². The van der Waals surface area contributed by atoms with Crippen LogP contribution in [0.5, 0.6) is 0 Å². The minimum absolute atomic E-state index is 0.131. The van der Waals surface area contributed by atoms with Gasteiger partial charge in [0, 0.05) is 31.0 Å². The van der Waals surface area contributed by atoms with Crippen LogP contribution in [0.1, 0.15) is 34.8 Å². The van der Waals surface area contributed by atoms with E-state index in [1.54, 1.807) is 12.4 Å². The number of amides is 1. The number of thioether (sulfide) groups is 1. The Morgan fingerprint density at radius 2 is 1.76 bits per heavy atom. The number of rotatable bonds is 6. The lowest BCUT2D eigenvalue weighted by Gasteiger charge is -2.23. The highest BCUT2D eigenvalue weighted by atomic mass is 32.2. The van der Waals surface area contributed by atoms with Crippen molar-refractivity contribution >= 4 is 17.7 Å². The Morgan fingerprint density at radius 3 is 2.47 bits per heavy atom. The Morgan fingerprint density at radius 1 is 0.971 bits per heavy atom. The minimum atomic E-state index is -0.394. The summed E-state index contributed by atoms with van der Waals surface area (Å²) in [5, 5.41) is 9.43. The molecule has 2 aromatic heterocycles. The highest BCUT2D eigenvalue weighted by Gasteiger charge is 2.31. The van der Waals surface area contributed by atoms with Gasteiger partial charge in [0.25, 0.3) is 0 Å². The number of carbonyl (C=O) groups is 1. The van der Waals surface area contributed by atoms with Gasteiger partial charge in [-0.25, -0.2) is 0 Å². The molecule has 1 atom stereocenters. The monoisotopic (exact) mass is 469 g/mol. The number of carbonyl (C=O) groups excluding carboxylic acids is 1. The zero-order valence-corrected chi connectivity index (χ0v) is 20.2. The molecule has 6 nitrogen and oxygen atoms in total. The van der Waals surface area contributed by atoms with E-state index in [1.165, 1.54) is 17.3 Å². The van der Waals surface area contributed by atoms with Crippen molar-refractivity contribution < 1.29 is 4.79 Å². The molecule has 7 heteroatoms. The quantitative estimate of drug-likeness (QED) is 0.354. The zero-order chi connectivity index (χ0) is 23.5. The Hall–Kier alpha value is -3.45. The molecule has 0 aliphatic carbocycles. The molecule has 5 rings (SSSR count). The first-order valence-electron chi connectivity index (χ1n) is 11.6. The summed E-state index contributed by atoms with van der Waals surface area (Å²) in [5.74, 6) is 0.842. The van der Waals surface area contributed by atoms with Crippen LogP contribution in [-0.2, 0) is 4.79 Å². The predicted molar refractivity (Wildman–Crippen MR) is 135 cm³/mol. The number of aryl methyl sites for hydroxylation is 2. The summed E-state index contributed by atoms with van der Waals surface area (Å²) in [6, 6.07) is 20.2. The van der Waals surface area contributed by atoms with Crippen LogP contribution in [0.3, 0.4) is 0 Å². The van der Waals surface area contributed by atoms with Crippen molar-refractivity contribution in [3.63, 3.8) is 0 Å². The van der Waals surface area contributed by atoms with Crippen LogP contribution in [0.4, 0.5) is 0 Å². The van der Waals surface area contributed by atoms with Crippen LogP contribution < -0.4 is 0 Å². The van der Waals surface area contributed by atoms with Crippen LogP contribution in [-0.4, -0.2) is 43.6 Å². The molecule has 0 bridgehead atoms. The Balaban J connectivity index is 1.62. The molecule has 0 saturated carbocycles. The molecule has 0 unspecified atom stereocenters. The standard InChI is InChI=1S/C27H27N5OS/c1-19-12-13-23(20(2)17-19)32-25(22-11-8-14-28-18-22)29-30-27(32)34-24(21-9-4-3-5-10-21)26(33)31-15-6-7-16-31/h3-5,8-14,17-18,24H,6-7,15-16H2,1-2H3/t24-/m1/s1. The molecule has 1 fully saturated rings. The molecule has 0 spiro atoms. The summed E-state index contributed by atoms with van der Waals surface area (Å²) < 4.78 is 2.06. The summed E-state index contributed by atoms with van der Waals surface area (Å²) in [6.45, 7) is 5.80. The fourth-order valence-corrected chi connectivity index (χ4v) is 5.53. The van der Waals surface area contributed by atoms with Gasteiger partial charge in [0.1, 0.15) is 5.25 Å². The normalized spacial score (nSPS) is 14.4. The van der Waals surface area contributed by atoms with E-state index in [0.717, 1.165) is 48.3 Å². The van der Waals surface area contributed by atoms with Crippen molar-refractivity contribution in [3.8, 4) is 17.1 Å². The van der Waals surface area contributed by atoms with E-state index >= 15 is 0 Å². The molecule has 0 radical (unpaired) electrons. The summed E-state index contributed by atoms with van der Waals surface area (Å²) >= 11 is 1.46. The average Bonchev–Trinajstić information content (AvgIpc) is 3.54. The van der Waals surface area contributed by atoms with Crippen molar-refractivity contribution in [2.75, 3.05) is 13.1 Å². The molecule has 4 aromatic rings. The highest BCUT2D eigenvalue weighted by molar-refractivity contribution is 8.00. The van der Waals surface area contributed by atoms with Gasteiger partial charge >= 0.3 is 0 Å². The molecule has 1 saturated heterocycles. The van der Waals surface area contributed by atoms with Crippen LogP contribution in [0, 0.1) is 13.8 Å². The molecule has 1 amide bonds. The second-order valence-electron chi connectivity index (χ2n) is 8.61. The molecular formula is C27H27N5OS. The van der Waals surface area contributed by atoms with Crippen LogP contribution >= 0.6 is 11.8 Å². The SMILES string of the molecule is Cc1ccc(-n2c(S[C@@H](C(=O)N3CCCC3)c3ccccc3)nnc2-c2cccnc2)c(C)c1. The Labute approximate surface area is 204 Å². The van der Waals surface area contributed by atoms with Gasteiger partial charge in [-0.05, 0) is 56.0 Å². The predicted octanol–water partition coefficient (Wildman–Crippen LogP) is 5.40. The average molecular weight is 470 g/mol. The van der Waals surface area contributed by atoms with Crippen LogP contribution in [0.25, 0.3) is 17.1 Å². The first kappa shape index (κ1) is 22.3. The summed E-state index contributed by atoms with van der Waals surface area (Å²) in [4.78, 5) is 19.9. The van der Waals surface area contributed by atoms with Crippen molar-refractivity contribution in [3.05, 3.63) is 89.7 Å². The van der Waals surface area contributed by atoms with Crippen LogP contribution in [0.15, 0.2) is 78.2 Å². The van der Waals surface area contributed by atoms with E-state index < -0.39 is 5.25 Å². The molecule has 1 aliphatic heterocycles. The molecule has 2 aromatic carbocycles. The van der Waals surface area contributed by atoms with Gasteiger partial charge < -0.3 is 4.90 Å². The number of hydrogen-bond acceptors (Lipinski definition) is 5.